The minimum atomic E-state index is -1.48. The van der Waals surface area contributed by atoms with Crippen LogP contribution in [-0.4, -0.2) is 39.3 Å². The van der Waals surface area contributed by atoms with Crippen LogP contribution in [0.15, 0.2) is 6.20 Å². The number of aliphatic carboxylic acids is 1. The Bertz CT molecular complexity index is 501. The normalized spacial score (nSPS) is 15.0. The number of nitrogens with one attached hydrogen (secondary N) is 2. The van der Waals surface area contributed by atoms with Crippen molar-refractivity contribution < 1.29 is 19.8 Å². The first-order valence-corrected chi connectivity index (χ1v) is 7.48. The molecule has 7 nitrogen and oxygen atoms in total. The van der Waals surface area contributed by atoms with Crippen LogP contribution < -0.4 is 10.6 Å². The molecule has 1 aromatic heterocycles. The van der Waals surface area contributed by atoms with E-state index in [4.69, 9.17) is 5.11 Å². The van der Waals surface area contributed by atoms with Crippen LogP contribution in [0.1, 0.15) is 43.1 Å². The highest BCUT2D eigenvalue weighted by Gasteiger charge is 2.25. The summed E-state index contributed by atoms with van der Waals surface area (Å²) in [7, 11) is 0. The van der Waals surface area contributed by atoms with Crippen LogP contribution >= 0.6 is 11.3 Å². The lowest BCUT2D eigenvalue weighted by atomic mass is 10.0. The second kappa shape index (κ2) is 7.37. The number of carbonyl (C=O) groups is 2. The fourth-order valence-corrected chi connectivity index (χ4v) is 2.51. The van der Waals surface area contributed by atoms with Crippen molar-refractivity contribution in [2.75, 3.05) is 6.54 Å². The zero-order valence-electron chi connectivity index (χ0n) is 12.3. The molecule has 1 rings (SSSR count). The maximum atomic E-state index is 11.7. The summed E-state index contributed by atoms with van der Waals surface area (Å²) < 4.78 is 0. The molecule has 0 saturated carbocycles. The van der Waals surface area contributed by atoms with Gasteiger partial charge in [0.25, 0.3) is 0 Å². The van der Waals surface area contributed by atoms with Crippen molar-refractivity contribution in [1.82, 2.24) is 15.6 Å². The second-order valence-corrected chi connectivity index (χ2v) is 6.28. The molecular weight excluding hydrogens is 294 g/mol. The number of carboxylic acids is 1. The number of thiazole rings is 1. The number of aliphatic hydroxyl groups is 1. The second-order valence-electron chi connectivity index (χ2n) is 5.13. The van der Waals surface area contributed by atoms with Gasteiger partial charge in [-0.3, -0.25) is 4.79 Å². The summed E-state index contributed by atoms with van der Waals surface area (Å²) in [6, 6.07) is -0.721. The molecule has 0 aliphatic rings. The standard InChI is InChI=1S/C13H21N3O4S/c1-4-9-6-14-11(21-9)8(2)16-12(19)15-7-13(3,20)5-10(17)18/h6,8,20H,4-5,7H2,1-3H3,(H,17,18)(H2,15,16,19). The fraction of sp³-hybridized carbons (Fsp3) is 0.615. The number of carboxylic acid groups (broad SMARTS) is 1. The van der Waals surface area contributed by atoms with Crippen LogP contribution in [0.3, 0.4) is 0 Å². The Balaban J connectivity index is 2.44. The van der Waals surface area contributed by atoms with Gasteiger partial charge in [-0.2, -0.15) is 0 Å². The molecule has 0 spiro atoms. The summed E-state index contributed by atoms with van der Waals surface area (Å²) in [6.45, 7) is 5.06. The lowest BCUT2D eigenvalue weighted by Gasteiger charge is -2.22. The molecule has 0 saturated heterocycles. The third-order valence-corrected chi connectivity index (χ3v) is 4.12. The third kappa shape index (κ3) is 6.09. The zero-order chi connectivity index (χ0) is 16.0. The fourth-order valence-electron chi connectivity index (χ4n) is 1.65. The van der Waals surface area contributed by atoms with Gasteiger partial charge in [0.1, 0.15) is 5.01 Å². The Labute approximate surface area is 127 Å². The number of nitrogens with zero attached hydrogens (tertiary/aromatic N) is 1. The molecule has 1 heterocycles. The average molecular weight is 315 g/mol. The first-order chi connectivity index (χ1) is 9.73. The Kier molecular flexibility index (Phi) is 6.10. The highest BCUT2D eigenvalue weighted by molar-refractivity contribution is 7.11. The zero-order valence-corrected chi connectivity index (χ0v) is 13.2. The highest BCUT2D eigenvalue weighted by atomic mass is 32.1. The maximum Gasteiger partial charge on any atom is 0.315 e. The maximum absolute atomic E-state index is 11.7. The Morgan fingerprint density at radius 1 is 1.52 bits per heavy atom. The van der Waals surface area contributed by atoms with E-state index >= 15 is 0 Å². The van der Waals surface area contributed by atoms with Crippen molar-refractivity contribution in [1.29, 1.82) is 0 Å². The Morgan fingerprint density at radius 3 is 2.71 bits per heavy atom. The van der Waals surface area contributed by atoms with E-state index in [0.717, 1.165) is 16.3 Å². The number of urea groups is 1. The molecule has 1 aromatic rings. The quantitative estimate of drug-likeness (QED) is 0.606. The number of carbonyl (C=O) groups excluding carboxylic acids is 1. The highest BCUT2D eigenvalue weighted by Crippen LogP contribution is 2.20. The summed E-state index contributed by atoms with van der Waals surface area (Å²) in [5.41, 5.74) is -1.48. The lowest BCUT2D eigenvalue weighted by molar-refractivity contribution is -0.141. The first kappa shape index (κ1) is 17.4. The lowest BCUT2D eigenvalue weighted by Crippen LogP contribution is -2.46. The molecule has 0 aliphatic heterocycles. The number of hydrogen-bond donors (Lipinski definition) is 4. The van der Waals surface area contributed by atoms with E-state index in [2.05, 4.69) is 15.6 Å². The van der Waals surface area contributed by atoms with Gasteiger partial charge in [-0.25, -0.2) is 9.78 Å². The number of amides is 2. The molecule has 0 aromatic carbocycles. The van der Waals surface area contributed by atoms with Crippen LogP contribution in [0.25, 0.3) is 0 Å². The van der Waals surface area contributed by atoms with Crippen molar-refractivity contribution >= 4 is 23.3 Å². The van der Waals surface area contributed by atoms with E-state index in [-0.39, 0.29) is 12.6 Å². The van der Waals surface area contributed by atoms with Crippen molar-refractivity contribution in [3.8, 4) is 0 Å². The van der Waals surface area contributed by atoms with Gasteiger partial charge >= 0.3 is 12.0 Å². The topological polar surface area (TPSA) is 112 Å². The molecule has 0 fully saturated rings. The van der Waals surface area contributed by atoms with Gasteiger partial charge in [0.15, 0.2) is 0 Å². The van der Waals surface area contributed by atoms with Gasteiger partial charge in [-0.15, -0.1) is 11.3 Å². The van der Waals surface area contributed by atoms with Gasteiger partial charge < -0.3 is 20.8 Å². The molecule has 8 heteroatoms. The van der Waals surface area contributed by atoms with Crippen LogP contribution in [0.2, 0.25) is 0 Å². The van der Waals surface area contributed by atoms with Crippen LogP contribution in [-0.2, 0) is 11.2 Å². The minimum absolute atomic E-state index is 0.143. The molecule has 118 valence electrons. The van der Waals surface area contributed by atoms with Crippen molar-refractivity contribution in [3.05, 3.63) is 16.1 Å². The number of aromatic nitrogens is 1. The van der Waals surface area contributed by atoms with Crippen molar-refractivity contribution in [2.24, 2.45) is 0 Å². The summed E-state index contributed by atoms with van der Waals surface area (Å²) in [6.07, 6.45) is 2.25. The molecule has 0 bridgehead atoms. The van der Waals surface area contributed by atoms with E-state index in [9.17, 15) is 14.7 Å². The first-order valence-electron chi connectivity index (χ1n) is 6.66. The van der Waals surface area contributed by atoms with Gasteiger partial charge in [0, 0.05) is 17.6 Å². The van der Waals surface area contributed by atoms with E-state index in [1.54, 1.807) is 6.20 Å². The predicted octanol–water partition coefficient (Wildman–Crippen LogP) is 1.29. The van der Waals surface area contributed by atoms with E-state index in [1.165, 1.54) is 18.3 Å². The van der Waals surface area contributed by atoms with Gasteiger partial charge in [0.05, 0.1) is 18.1 Å². The number of rotatable bonds is 7. The Morgan fingerprint density at radius 2 is 2.19 bits per heavy atom. The van der Waals surface area contributed by atoms with Gasteiger partial charge in [-0.1, -0.05) is 6.92 Å². The van der Waals surface area contributed by atoms with Gasteiger partial charge in [0.2, 0.25) is 0 Å². The van der Waals surface area contributed by atoms with Crippen LogP contribution in [0, 0.1) is 0 Å². The smallest absolute Gasteiger partial charge is 0.315 e. The van der Waals surface area contributed by atoms with Crippen molar-refractivity contribution in [3.63, 3.8) is 0 Å². The average Bonchev–Trinajstić information content (AvgIpc) is 2.84. The summed E-state index contributed by atoms with van der Waals surface area (Å²) in [5.74, 6) is -1.12. The molecule has 0 radical (unpaired) electrons. The third-order valence-electron chi connectivity index (χ3n) is 2.80. The molecule has 21 heavy (non-hydrogen) atoms. The summed E-state index contributed by atoms with van der Waals surface area (Å²) >= 11 is 1.53. The SMILES string of the molecule is CCc1cnc(C(C)NC(=O)NCC(C)(O)CC(=O)O)s1. The molecular formula is C13H21N3O4S. The van der Waals surface area contributed by atoms with Gasteiger partial charge in [-0.05, 0) is 20.3 Å². The van der Waals surface area contributed by atoms with Crippen molar-refractivity contribution in [2.45, 2.75) is 45.3 Å². The largest absolute Gasteiger partial charge is 0.481 e. The number of aryl methyl sites for hydroxylation is 1. The summed E-state index contributed by atoms with van der Waals surface area (Å²) in [4.78, 5) is 27.7. The monoisotopic (exact) mass is 315 g/mol. The predicted molar refractivity (Wildman–Crippen MR) is 79.3 cm³/mol. The van der Waals surface area contributed by atoms with Crippen LogP contribution in [0.4, 0.5) is 4.79 Å². The van der Waals surface area contributed by atoms with E-state index < -0.39 is 24.0 Å². The van der Waals surface area contributed by atoms with Crippen LogP contribution in [0.5, 0.6) is 0 Å². The molecule has 0 aliphatic carbocycles. The molecule has 2 atom stereocenters. The molecule has 2 amide bonds. The summed E-state index contributed by atoms with van der Waals surface area (Å²) in [5, 5.41) is 24.4. The van der Waals surface area contributed by atoms with E-state index in [0.29, 0.717) is 0 Å². The molecule has 2 unspecified atom stereocenters. The molecule has 4 N–H and O–H groups in total. The number of hydrogen-bond acceptors (Lipinski definition) is 5. The minimum Gasteiger partial charge on any atom is -0.481 e. The van der Waals surface area contributed by atoms with E-state index in [1.807, 2.05) is 13.8 Å². The Hall–Kier alpha value is -1.67.